The number of nitrogens with zero attached hydrogens (tertiary/aromatic N) is 5. The average molecular weight is 397 g/mol. The van der Waals surface area contributed by atoms with Crippen LogP contribution in [0.5, 0.6) is 0 Å². The van der Waals surface area contributed by atoms with Gasteiger partial charge in [-0.3, -0.25) is 4.79 Å². The molecular weight excluding hydrogens is 369 g/mol. The van der Waals surface area contributed by atoms with Crippen LogP contribution in [0.3, 0.4) is 0 Å². The molecule has 4 rings (SSSR count). The summed E-state index contributed by atoms with van der Waals surface area (Å²) in [6, 6.07) is 8.36. The zero-order valence-corrected chi connectivity index (χ0v) is 17.1. The van der Waals surface area contributed by atoms with Crippen molar-refractivity contribution in [3.05, 3.63) is 47.7 Å². The van der Waals surface area contributed by atoms with E-state index in [2.05, 4.69) is 26.7 Å². The van der Waals surface area contributed by atoms with Gasteiger partial charge in [0.15, 0.2) is 0 Å². The molecule has 0 unspecified atom stereocenters. The molecule has 2 saturated heterocycles. The molecule has 6 nitrogen and oxygen atoms in total. The van der Waals surface area contributed by atoms with Crippen LogP contribution in [0.25, 0.3) is 0 Å². The normalized spacial score (nSPS) is 18.2. The van der Waals surface area contributed by atoms with Crippen molar-refractivity contribution >= 4 is 17.4 Å². The lowest BCUT2D eigenvalue weighted by molar-refractivity contribution is 0.0740. The molecule has 2 aliphatic heterocycles. The molecule has 1 aromatic heterocycles. The summed E-state index contributed by atoms with van der Waals surface area (Å²) in [6.45, 7) is 8.76. The number of benzene rings is 1. The third-order valence-electron chi connectivity index (χ3n) is 5.91. The Bertz CT molecular complexity index is 856. The van der Waals surface area contributed by atoms with Gasteiger partial charge in [0.25, 0.3) is 5.91 Å². The minimum Gasteiger partial charge on any atom is -0.368 e. The van der Waals surface area contributed by atoms with Crippen LogP contribution in [-0.2, 0) is 0 Å². The molecule has 29 heavy (non-hydrogen) atoms. The first-order chi connectivity index (χ1) is 14.0. The van der Waals surface area contributed by atoms with Crippen molar-refractivity contribution in [3.8, 4) is 0 Å². The molecule has 0 atom stereocenters. The molecule has 0 radical (unpaired) electrons. The van der Waals surface area contributed by atoms with Gasteiger partial charge >= 0.3 is 0 Å². The lowest BCUT2D eigenvalue weighted by Crippen LogP contribution is -2.49. The van der Waals surface area contributed by atoms with Crippen LogP contribution in [-0.4, -0.2) is 60.0 Å². The van der Waals surface area contributed by atoms with Gasteiger partial charge < -0.3 is 14.7 Å². The Morgan fingerprint density at radius 1 is 0.966 bits per heavy atom. The van der Waals surface area contributed by atoms with E-state index in [-0.39, 0.29) is 11.7 Å². The zero-order chi connectivity index (χ0) is 20.4. The fraction of sp³-hybridized carbons (Fsp3) is 0.500. The number of rotatable bonds is 3. The molecule has 2 aromatic rings. The van der Waals surface area contributed by atoms with Gasteiger partial charge in [0.05, 0.1) is 0 Å². The second-order valence-corrected chi connectivity index (χ2v) is 8.08. The van der Waals surface area contributed by atoms with Crippen molar-refractivity contribution in [2.24, 2.45) is 5.92 Å². The number of carbonyl (C=O) groups excluding carboxylic acids is 1. The Hall–Kier alpha value is -2.70. The number of piperazine rings is 1. The van der Waals surface area contributed by atoms with Crippen molar-refractivity contribution in [2.45, 2.75) is 26.7 Å². The minimum absolute atomic E-state index is 0.0408. The summed E-state index contributed by atoms with van der Waals surface area (Å²) in [7, 11) is 0. The van der Waals surface area contributed by atoms with Gasteiger partial charge in [-0.1, -0.05) is 6.92 Å². The highest BCUT2D eigenvalue weighted by Crippen LogP contribution is 2.23. The lowest BCUT2D eigenvalue weighted by atomic mass is 9.99. The molecule has 7 heteroatoms. The number of anilines is 2. The smallest absolute Gasteiger partial charge is 0.272 e. The molecular formula is C22H28FN5O. The van der Waals surface area contributed by atoms with Crippen molar-refractivity contribution in [1.82, 2.24) is 14.9 Å². The largest absolute Gasteiger partial charge is 0.368 e. The van der Waals surface area contributed by atoms with E-state index in [4.69, 9.17) is 0 Å². The highest BCUT2D eigenvalue weighted by Gasteiger charge is 2.25. The number of carbonyl (C=O) groups is 1. The third kappa shape index (κ3) is 4.49. The van der Waals surface area contributed by atoms with Gasteiger partial charge in [-0.15, -0.1) is 0 Å². The van der Waals surface area contributed by atoms with E-state index in [0.29, 0.717) is 24.6 Å². The number of amides is 1. The molecule has 1 amide bonds. The van der Waals surface area contributed by atoms with Crippen LogP contribution in [0.4, 0.5) is 15.9 Å². The van der Waals surface area contributed by atoms with Crippen LogP contribution < -0.4 is 9.80 Å². The van der Waals surface area contributed by atoms with Gasteiger partial charge in [0.1, 0.15) is 23.2 Å². The lowest BCUT2D eigenvalue weighted by Gasteiger charge is -2.36. The molecule has 0 aliphatic carbocycles. The Morgan fingerprint density at radius 2 is 1.62 bits per heavy atom. The Labute approximate surface area is 171 Å². The van der Waals surface area contributed by atoms with E-state index in [0.717, 1.165) is 56.4 Å². The maximum atomic E-state index is 13.1. The summed E-state index contributed by atoms with van der Waals surface area (Å²) < 4.78 is 13.1. The van der Waals surface area contributed by atoms with E-state index in [1.54, 1.807) is 12.1 Å². The monoisotopic (exact) mass is 397 g/mol. The molecule has 0 saturated carbocycles. The van der Waals surface area contributed by atoms with Crippen LogP contribution in [0.1, 0.15) is 36.1 Å². The van der Waals surface area contributed by atoms with E-state index in [1.807, 2.05) is 17.9 Å². The average Bonchev–Trinajstić information content (AvgIpc) is 2.74. The molecule has 0 spiro atoms. The van der Waals surface area contributed by atoms with Crippen LogP contribution in [0.2, 0.25) is 0 Å². The Morgan fingerprint density at radius 3 is 2.28 bits per heavy atom. The zero-order valence-electron chi connectivity index (χ0n) is 17.1. The van der Waals surface area contributed by atoms with Gasteiger partial charge in [-0.25, -0.2) is 14.4 Å². The molecule has 0 N–H and O–H groups in total. The number of piperidine rings is 1. The van der Waals surface area contributed by atoms with Crippen LogP contribution in [0, 0.1) is 18.7 Å². The predicted octanol–water partition coefficient (Wildman–Crippen LogP) is 3.12. The standard InChI is InChI=1S/C22H28FN5O/c1-16-7-9-27(10-8-16)21-15-20(24-17(2)25-21)22(29)28-13-11-26(12-14-28)19-5-3-18(23)4-6-19/h3-6,15-16H,7-14H2,1-2H3. The number of hydrogen-bond acceptors (Lipinski definition) is 5. The van der Waals surface area contributed by atoms with Gasteiger partial charge in [0, 0.05) is 51.0 Å². The van der Waals surface area contributed by atoms with Crippen molar-refractivity contribution < 1.29 is 9.18 Å². The second-order valence-electron chi connectivity index (χ2n) is 8.08. The first-order valence-electron chi connectivity index (χ1n) is 10.4. The molecule has 2 fully saturated rings. The van der Waals surface area contributed by atoms with Crippen molar-refractivity contribution in [2.75, 3.05) is 49.1 Å². The number of hydrogen-bond donors (Lipinski definition) is 0. The van der Waals surface area contributed by atoms with E-state index < -0.39 is 0 Å². The highest BCUT2D eigenvalue weighted by atomic mass is 19.1. The topological polar surface area (TPSA) is 52.6 Å². The van der Waals surface area contributed by atoms with Crippen molar-refractivity contribution in [1.29, 1.82) is 0 Å². The Kier molecular flexibility index (Phi) is 5.65. The summed E-state index contributed by atoms with van der Waals surface area (Å²) in [5.74, 6) is 1.96. The summed E-state index contributed by atoms with van der Waals surface area (Å²) in [4.78, 5) is 28.4. The minimum atomic E-state index is -0.235. The highest BCUT2D eigenvalue weighted by molar-refractivity contribution is 5.93. The summed E-state index contributed by atoms with van der Waals surface area (Å²) >= 11 is 0. The van der Waals surface area contributed by atoms with Gasteiger partial charge in [-0.05, 0) is 49.9 Å². The SMILES string of the molecule is Cc1nc(C(=O)N2CCN(c3ccc(F)cc3)CC2)cc(N2CCC(C)CC2)n1. The van der Waals surface area contributed by atoms with Crippen molar-refractivity contribution in [3.63, 3.8) is 0 Å². The maximum absolute atomic E-state index is 13.1. The molecule has 1 aromatic carbocycles. The van der Waals surface area contributed by atoms with E-state index in [1.165, 1.54) is 12.1 Å². The van der Waals surface area contributed by atoms with E-state index >= 15 is 0 Å². The fourth-order valence-corrected chi connectivity index (χ4v) is 4.04. The number of aryl methyl sites for hydroxylation is 1. The molecule has 2 aliphatic rings. The number of aromatic nitrogens is 2. The predicted molar refractivity (Wildman–Crippen MR) is 112 cm³/mol. The molecule has 154 valence electrons. The maximum Gasteiger partial charge on any atom is 0.272 e. The van der Waals surface area contributed by atoms with E-state index in [9.17, 15) is 9.18 Å². The van der Waals surface area contributed by atoms with Gasteiger partial charge in [0.2, 0.25) is 0 Å². The third-order valence-corrected chi connectivity index (χ3v) is 5.91. The summed E-state index contributed by atoms with van der Waals surface area (Å²) in [5.41, 5.74) is 1.46. The van der Waals surface area contributed by atoms with Crippen LogP contribution in [0.15, 0.2) is 30.3 Å². The summed E-state index contributed by atoms with van der Waals surface area (Å²) in [5, 5.41) is 0. The Balaban J connectivity index is 1.42. The fourth-order valence-electron chi connectivity index (χ4n) is 4.04. The number of halogens is 1. The quantitative estimate of drug-likeness (QED) is 0.797. The summed E-state index contributed by atoms with van der Waals surface area (Å²) in [6.07, 6.45) is 2.30. The molecule has 0 bridgehead atoms. The first kappa shape index (κ1) is 19.6. The van der Waals surface area contributed by atoms with Gasteiger partial charge in [-0.2, -0.15) is 0 Å². The first-order valence-corrected chi connectivity index (χ1v) is 10.4. The molecule has 3 heterocycles. The van der Waals surface area contributed by atoms with Crippen LogP contribution >= 0.6 is 0 Å². The second kappa shape index (κ2) is 8.35.